The molecule has 19 heavy (non-hydrogen) atoms. The molecule has 1 aromatic rings. The Bertz CT molecular complexity index is 480. The molecule has 102 valence electrons. The molecule has 2 N–H and O–H groups in total. The van der Waals surface area contributed by atoms with Gasteiger partial charge in [-0.2, -0.15) is 0 Å². The summed E-state index contributed by atoms with van der Waals surface area (Å²) in [5, 5.41) is 6.48. The van der Waals surface area contributed by atoms with Crippen LogP contribution in [0.15, 0.2) is 18.2 Å². The Morgan fingerprint density at radius 2 is 2.16 bits per heavy atom. The van der Waals surface area contributed by atoms with E-state index in [1.807, 2.05) is 4.90 Å². The summed E-state index contributed by atoms with van der Waals surface area (Å²) < 4.78 is 0. The van der Waals surface area contributed by atoms with Crippen LogP contribution in [0.25, 0.3) is 0 Å². The minimum absolute atomic E-state index is 0.0644. The highest BCUT2D eigenvalue weighted by Gasteiger charge is 2.26. The Morgan fingerprint density at radius 1 is 1.37 bits per heavy atom. The molecule has 1 aromatic carbocycles. The van der Waals surface area contributed by atoms with E-state index in [9.17, 15) is 4.79 Å². The topological polar surface area (TPSA) is 44.4 Å². The van der Waals surface area contributed by atoms with Crippen molar-refractivity contribution in [1.29, 1.82) is 0 Å². The van der Waals surface area contributed by atoms with E-state index < -0.39 is 0 Å². The fraction of sp³-hybridized carbons (Fsp3) is 0.533. The van der Waals surface area contributed by atoms with Crippen LogP contribution in [0, 0.1) is 6.92 Å². The van der Waals surface area contributed by atoms with Gasteiger partial charge in [0.15, 0.2) is 0 Å². The van der Waals surface area contributed by atoms with Crippen LogP contribution >= 0.6 is 0 Å². The van der Waals surface area contributed by atoms with E-state index in [1.54, 1.807) is 0 Å². The van der Waals surface area contributed by atoms with E-state index in [4.69, 9.17) is 0 Å². The van der Waals surface area contributed by atoms with Gasteiger partial charge >= 0.3 is 6.03 Å². The quantitative estimate of drug-likeness (QED) is 0.808. The summed E-state index contributed by atoms with van der Waals surface area (Å²) in [6, 6.07) is 6.72. The molecule has 0 aromatic heterocycles. The van der Waals surface area contributed by atoms with Gasteiger partial charge in [-0.3, -0.25) is 4.90 Å². The monoisotopic (exact) mass is 259 g/mol. The lowest BCUT2D eigenvalue weighted by atomic mass is 10.1. The molecule has 2 amide bonds. The van der Waals surface area contributed by atoms with Gasteiger partial charge in [0.2, 0.25) is 0 Å². The third-order valence-corrected chi connectivity index (χ3v) is 4.04. The van der Waals surface area contributed by atoms with Crippen molar-refractivity contribution in [3.63, 3.8) is 0 Å². The van der Waals surface area contributed by atoms with Gasteiger partial charge < -0.3 is 10.6 Å². The van der Waals surface area contributed by atoms with Crippen molar-refractivity contribution in [2.45, 2.75) is 32.2 Å². The molecule has 1 fully saturated rings. The number of carbonyl (C=O) groups is 1. The fourth-order valence-corrected chi connectivity index (χ4v) is 2.96. The minimum Gasteiger partial charge on any atom is -0.335 e. The fourth-order valence-electron chi connectivity index (χ4n) is 2.96. The maximum Gasteiger partial charge on any atom is 0.322 e. The predicted octanol–water partition coefficient (Wildman–Crippen LogP) is 1.82. The number of anilines is 1. The van der Waals surface area contributed by atoms with Crippen LogP contribution in [0.3, 0.4) is 0 Å². The number of hydrogen-bond acceptors (Lipinski definition) is 2. The molecule has 0 spiro atoms. The van der Waals surface area contributed by atoms with Crippen LogP contribution < -0.4 is 15.5 Å². The van der Waals surface area contributed by atoms with Gasteiger partial charge in [-0.25, -0.2) is 4.79 Å². The smallest absolute Gasteiger partial charge is 0.322 e. The summed E-state index contributed by atoms with van der Waals surface area (Å²) in [6.07, 6.45) is 3.03. The first kappa shape index (κ1) is 12.5. The van der Waals surface area contributed by atoms with Crippen molar-refractivity contribution in [2.75, 3.05) is 24.5 Å². The van der Waals surface area contributed by atoms with E-state index in [0.29, 0.717) is 6.04 Å². The zero-order valence-electron chi connectivity index (χ0n) is 11.4. The number of nitrogens with zero attached hydrogens (tertiary/aromatic N) is 1. The molecule has 2 heterocycles. The van der Waals surface area contributed by atoms with Crippen molar-refractivity contribution in [1.82, 2.24) is 10.6 Å². The van der Waals surface area contributed by atoms with E-state index >= 15 is 0 Å². The number of carbonyl (C=O) groups excluding carboxylic acids is 1. The number of fused-ring (bicyclic) bond motifs is 1. The van der Waals surface area contributed by atoms with Gasteiger partial charge in [0.1, 0.15) is 0 Å². The molecule has 0 atom stereocenters. The van der Waals surface area contributed by atoms with Crippen LogP contribution in [0.2, 0.25) is 0 Å². The molecule has 0 saturated carbocycles. The zero-order chi connectivity index (χ0) is 13.2. The van der Waals surface area contributed by atoms with Gasteiger partial charge in [0, 0.05) is 18.3 Å². The molecule has 4 nitrogen and oxygen atoms in total. The van der Waals surface area contributed by atoms with Crippen LogP contribution in [-0.4, -0.2) is 31.7 Å². The molecule has 4 heteroatoms. The van der Waals surface area contributed by atoms with Crippen molar-refractivity contribution < 1.29 is 4.79 Å². The highest BCUT2D eigenvalue weighted by molar-refractivity contribution is 5.94. The van der Waals surface area contributed by atoms with Gasteiger partial charge in [0.05, 0.1) is 0 Å². The second-order valence-electron chi connectivity index (χ2n) is 5.51. The Kier molecular flexibility index (Phi) is 3.42. The van der Waals surface area contributed by atoms with Gasteiger partial charge in [-0.15, -0.1) is 0 Å². The molecule has 0 aliphatic carbocycles. The highest BCUT2D eigenvalue weighted by Crippen LogP contribution is 2.28. The molecule has 0 bridgehead atoms. The molecule has 1 saturated heterocycles. The van der Waals surface area contributed by atoms with Crippen LogP contribution in [0.5, 0.6) is 0 Å². The Balaban J connectivity index is 1.69. The Labute approximate surface area is 114 Å². The maximum absolute atomic E-state index is 12.4. The summed E-state index contributed by atoms with van der Waals surface area (Å²) in [7, 11) is 0. The predicted molar refractivity (Wildman–Crippen MR) is 76.7 cm³/mol. The van der Waals surface area contributed by atoms with E-state index in [2.05, 4.69) is 35.8 Å². The molecule has 0 unspecified atom stereocenters. The first-order valence-electron chi connectivity index (χ1n) is 7.12. The Hall–Kier alpha value is -1.55. The van der Waals surface area contributed by atoms with E-state index in [0.717, 1.165) is 44.6 Å². The summed E-state index contributed by atoms with van der Waals surface area (Å²) >= 11 is 0. The average molecular weight is 259 g/mol. The largest absolute Gasteiger partial charge is 0.335 e. The lowest BCUT2D eigenvalue weighted by Crippen LogP contribution is -2.48. The van der Waals surface area contributed by atoms with Crippen LogP contribution in [-0.2, 0) is 6.42 Å². The van der Waals surface area contributed by atoms with E-state index in [1.165, 1.54) is 11.1 Å². The summed E-state index contributed by atoms with van der Waals surface area (Å²) in [5.41, 5.74) is 3.64. The SMILES string of the molecule is Cc1ccc2c(c1)CCN2C(=O)NC1CCNCC1. The first-order valence-corrected chi connectivity index (χ1v) is 7.12. The normalized spacial score (nSPS) is 19.3. The number of urea groups is 1. The summed E-state index contributed by atoms with van der Waals surface area (Å²) in [4.78, 5) is 14.2. The van der Waals surface area contributed by atoms with Crippen LogP contribution in [0.1, 0.15) is 24.0 Å². The van der Waals surface area contributed by atoms with Crippen LogP contribution in [0.4, 0.5) is 10.5 Å². The van der Waals surface area contributed by atoms with Crippen molar-refractivity contribution in [3.05, 3.63) is 29.3 Å². The second-order valence-corrected chi connectivity index (χ2v) is 5.51. The molecule has 2 aliphatic heterocycles. The number of piperidine rings is 1. The number of hydrogen-bond donors (Lipinski definition) is 2. The molecular weight excluding hydrogens is 238 g/mol. The number of nitrogens with one attached hydrogen (secondary N) is 2. The zero-order valence-corrected chi connectivity index (χ0v) is 11.4. The first-order chi connectivity index (χ1) is 9.24. The summed E-state index contributed by atoms with van der Waals surface area (Å²) in [5.74, 6) is 0. The number of aryl methyl sites for hydroxylation is 1. The third kappa shape index (κ3) is 2.59. The third-order valence-electron chi connectivity index (χ3n) is 4.04. The average Bonchev–Trinajstić information content (AvgIpc) is 2.82. The van der Waals surface area contributed by atoms with Crippen molar-refractivity contribution >= 4 is 11.7 Å². The van der Waals surface area contributed by atoms with Gasteiger partial charge in [-0.1, -0.05) is 17.7 Å². The standard InChI is InChI=1S/C15H21N3O/c1-11-2-3-14-12(10-11)6-9-18(14)15(19)17-13-4-7-16-8-5-13/h2-3,10,13,16H,4-9H2,1H3,(H,17,19). The van der Waals surface area contributed by atoms with E-state index in [-0.39, 0.29) is 6.03 Å². The number of benzene rings is 1. The van der Waals surface area contributed by atoms with Crippen molar-refractivity contribution in [2.24, 2.45) is 0 Å². The number of rotatable bonds is 1. The molecule has 0 radical (unpaired) electrons. The lowest BCUT2D eigenvalue weighted by Gasteiger charge is -2.26. The second kappa shape index (κ2) is 5.21. The highest BCUT2D eigenvalue weighted by atomic mass is 16.2. The molecule has 2 aliphatic rings. The lowest BCUT2D eigenvalue weighted by molar-refractivity contribution is 0.239. The summed E-state index contributed by atoms with van der Waals surface area (Å²) in [6.45, 7) is 4.90. The molecule has 3 rings (SSSR count). The minimum atomic E-state index is 0.0644. The van der Waals surface area contributed by atoms with Gasteiger partial charge in [-0.05, 0) is 50.9 Å². The maximum atomic E-state index is 12.4. The molecular formula is C15H21N3O. The van der Waals surface area contributed by atoms with Gasteiger partial charge in [0.25, 0.3) is 0 Å². The van der Waals surface area contributed by atoms with Crippen molar-refractivity contribution in [3.8, 4) is 0 Å². The number of amides is 2. The Morgan fingerprint density at radius 3 is 2.95 bits per heavy atom.